The molecule has 8 heteroatoms. The summed E-state index contributed by atoms with van der Waals surface area (Å²) >= 11 is 0. The summed E-state index contributed by atoms with van der Waals surface area (Å²) in [6.45, 7) is 0. The van der Waals surface area contributed by atoms with Crippen LogP contribution in [0, 0.1) is 0 Å². The number of rotatable bonds is 4. The molecule has 0 spiro atoms. The van der Waals surface area contributed by atoms with Crippen molar-refractivity contribution in [2.45, 2.75) is 0 Å². The van der Waals surface area contributed by atoms with Crippen molar-refractivity contribution in [3.8, 4) is 0 Å². The molecule has 0 saturated heterocycles. The summed E-state index contributed by atoms with van der Waals surface area (Å²) in [6, 6.07) is 1.43. The molecule has 1 rings (SSSR count). The summed E-state index contributed by atoms with van der Waals surface area (Å²) in [6.07, 6.45) is 0. The monoisotopic (exact) mass is 252 g/mol. The number of aromatic carboxylic acids is 2. The quantitative estimate of drug-likeness (QED) is 0.552. The van der Waals surface area contributed by atoms with Crippen molar-refractivity contribution < 1.29 is 29.4 Å². The van der Waals surface area contributed by atoms with E-state index in [0.717, 1.165) is 6.07 Å². The second kappa shape index (κ2) is 4.53. The van der Waals surface area contributed by atoms with E-state index in [1.165, 1.54) is 0 Å². The number of benzene rings is 1. The van der Waals surface area contributed by atoms with Crippen LogP contribution in [0.25, 0.3) is 0 Å². The van der Waals surface area contributed by atoms with Crippen LogP contribution in [0.5, 0.6) is 0 Å². The average molecular weight is 252 g/mol. The van der Waals surface area contributed by atoms with E-state index in [1.807, 2.05) is 0 Å². The normalized spacial score (nSPS) is 9.78. The molecule has 0 atom stereocenters. The molecule has 0 aliphatic rings. The lowest BCUT2D eigenvalue weighted by Gasteiger charge is -2.08. The van der Waals surface area contributed by atoms with E-state index in [9.17, 15) is 19.2 Å². The lowest BCUT2D eigenvalue weighted by atomic mass is 9.97. The smallest absolute Gasteiger partial charge is 0.336 e. The fraction of sp³-hybridized carbons (Fsp3) is 0. The van der Waals surface area contributed by atoms with Crippen LogP contribution in [0.2, 0.25) is 0 Å². The zero-order valence-electron chi connectivity index (χ0n) is 8.84. The lowest BCUT2D eigenvalue weighted by molar-refractivity contribution is 0.0689. The van der Waals surface area contributed by atoms with Gasteiger partial charge >= 0.3 is 11.9 Å². The lowest BCUT2D eigenvalue weighted by Crippen LogP contribution is -2.22. The number of hydrogen-bond donors (Lipinski definition) is 4. The molecule has 18 heavy (non-hydrogen) atoms. The molecule has 0 heterocycles. The van der Waals surface area contributed by atoms with Crippen LogP contribution in [-0.2, 0) is 0 Å². The zero-order valence-corrected chi connectivity index (χ0v) is 8.84. The molecule has 6 N–H and O–H groups in total. The Labute approximate surface area is 99.8 Å². The molecule has 2 amide bonds. The summed E-state index contributed by atoms with van der Waals surface area (Å²) in [7, 11) is 0. The Kier molecular flexibility index (Phi) is 3.32. The SMILES string of the molecule is NC(=O)c1cc(C(N)=O)c(C(=O)O)cc1C(=O)O. The zero-order chi connectivity index (χ0) is 14.0. The summed E-state index contributed by atoms with van der Waals surface area (Å²) in [4.78, 5) is 43.8. The third-order valence-electron chi connectivity index (χ3n) is 2.15. The van der Waals surface area contributed by atoms with Gasteiger partial charge in [0.2, 0.25) is 11.8 Å². The maximum Gasteiger partial charge on any atom is 0.336 e. The van der Waals surface area contributed by atoms with Gasteiger partial charge in [-0.2, -0.15) is 0 Å². The number of primary amides is 2. The summed E-state index contributed by atoms with van der Waals surface area (Å²) in [5.74, 6) is -5.29. The van der Waals surface area contributed by atoms with Crippen molar-refractivity contribution in [2.75, 3.05) is 0 Å². The van der Waals surface area contributed by atoms with Gasteiger partial charge in [0.1, 0.15) is 0 Å². The molecule has 1 aromatic carbocycles. The number of nitrogens with two attached hydrogens (primary N) is 2. The van der Waals surface area contributed by atoms with E-state index < -0.39 is 46.0 Å². The van der Waals surface area contributed by atoms with Gasteiger partial charge in [0.05, 0.1) is 22.3 Å². The van der Waals surface area contributed by atoms with E-state index in [0.29, 0.717) is 6.07 Å². The number of carboxylic acid groups (broad SMARTS) is 2. The van der Waals surface area contributed by atoms with Crippen molar-refractivity contribution in [3.05, 3.63) is 34.4 Å². The molecule has 0 radical (unpaired) electrons. The van der Waals surface area contributed by atoms with Crippen LogP contribution < -0.4 is 11.5 Å². The van der Waals surface area contributed by atoms with Gasteiger partial charge in [-0.25, -0.2) is 9.59 Å². The van der Waals surface area contributed by atoms with Gasteiger partial charge < -0.3 is 21.7 Å². The van der Waals surface area contributed by atoms with E-state index >= 15 is 0 Å². The number of carbonyl (C=O) groups is 4. The topological polar surface area (TPSA) is 161 Å². The van der Waals surface area contributed by atoms with Crippen LogP contribution in [0.4, 0.5) is 0 Å². The Bertz CT molecular complexity index is 480. The maximum absolute atomic E-state index is 11.0. The molecular weight excluding hydrogens is 244 g/mol. The highest BCUT2D eigenvalue weighted by atomic mass is 16.4. The fourth-order valence-corrected chi connectivity index (χ4v) is 1.36. The van der Waals surface area contributed by atoms with Crippen LogP contribution in [-0.4, -0.2) is 34.0 Å². The molecule has 0 aromatic heterocycles. The van der Waals surface area contributed by atoms with Crippen molar-refractivity contribution in [3.63, 3.8) is 0 Å². The number of hydrogen-bond acceptors (Lipinski definition) is 4. The first-order valence-electron chi connectivity index (χ1n) is 4.50. The predicted octanol–water partition coefficient (Wildman–Crippen LogP) is -0.719. The van der Waals surface area contributed by atoms with E-state index in [4.69, 9.17) is 21.7 Å². The first-order chi connectivity index (χ1) is 8.25. The van der Waals surface area contributed by atoms with Crippen LogP contribution in [0.3, 0.4) is 0 Å². The molecule has 1 aromatic rings. The van der Waals surface area contributed by atoms with Gasteiger partial charge in [0, 0.05) is 0 Å². The second-order valence-corrected chi connectivity index (χ2v) is 3.28. The average Bonchev–Trinajstić information content (AvgIpc) is 2.26. The fourth-order valence-electron chi connectivity index (χ4n) is 1.36. The van der Waals surface area contributed by atoms with Gasteiger partial charge in [0.15, 0.2) is 0 Å². The molecular formula is C10H8N2O6. The summed E-state index contributed by atoms with van der Waals surface area (Å²) in [5.41, 5.74) is 7.71. The molecule has 0 aliphatic heterocycles. The Morgan fingerprint density at radius 1 is 0.722 bits per heavy atom. The standard InChI is InChI=1S/C10H8N2O6/c11-7(13)3-1-4(8(12)14)6(10(17)18)2-5(3)9(15)16/h1-2H,(H2,11,13)(H2,12,14)(H,15,16)(H,17,18). The summed E-state index contributed by atoms with van der Waals surface area (Å²) < 4.78 is 0. The largest absolute Gasteiger partial charge is 0.478 e. The van der Waals surface area contributed by atoms with Crippen molar-refractivity contribution in [1.82, 2.24) is 0 Å². The molecule has 8 nitrogen and oxygen atoms in total. The Hall–Kier alpha value is -2.90. The van der Waals surface area contributed by atoms with Gasteiger partial charge in [-0.1, -0.05) is 0 Å². The number of carboxylic acids is 2. The minimum atomic E-state index is -1.54. The Balaban J connectivity index is 3.71. The predicted molar refractivity (Wildman–Crippen MR) is 57.4 cm³/mol. The first kappa shape index (κ1) is 13.2. The molecule has 0 saturated carbocycles. The summed E-state index contributed by atoms with van der Waals surface area (Å²) in [5, 5.41) is 17.7. The number of carbonyl (C=O) groups excluding carboxylic acids is 2. The molecule has 0 fully saturated rings. The van der Waals surface area contributed by atoms with Gasteiger partial charge in [0.25, 0.3) is 0 Å². The van der Waals surface area contributed by atoms with Crippen LogP contribution >= 0.6 is 0 Å². The minimum Gasteiger partial charge on any atom is -0.478 e. The second-order valence-electron chi connectivity index (χ2n) is 3.28. The van der Waals surface area contributed by atoms with E-state index in [1.54, 1.807) is 0 Å². The minimum absolute atomic E-state index is 0.485. The highest BCUT2D eigenvalue weighted by Crippen LogP contribution is 2.17. The third-order valence-corrected chi connectivity index (χ3v) is 2.15. The van der Waals surface area contributed by atoms with E-state index in [2.05, 4.69) is 0 Å². The van der Waals surface area contributed by atoms with Gasteiger partial charge in [-0.05, 0) is 12.1 Å². The van der Waals surface area contributed by atoms with Crippen LogP contribution in [0.1, 0.15) is 41.4 Å². The molecule has 0 aliphatic carbocycles. The van der Waals surface area contributed by atoms with E-state index in [-0.39, 0.29) is 0 Å². The maximum atomic E-state index is 11.0. The molecule has 94 valence electrons. The number of amides is 2. The molecule has 0 unspecified atom stereocenters. The van der Waals surface area contributed by atoms with Crippen LogP contribution in [0.15, 0.2) is 12.1 Å². The Morgan fingerprint density at radius 2 is 1.00 bits per heavy atom. The van der Waals surface area contributed by atoms with Crippen molar-refractivity contribution in [1.29, 1.82) is 0 Å². The van der Waals surface area contributed by atoms with Gasteiger partial charge in [-0.15, -0.1) is 0 Å². The van der Waals surface area contributed by atoms with Gasteiger partial charge in [-0.3, -0.25) is 9.59 Å². The highest BCUT2D eigenvalue weighted by Gasteiger charge is 2.23. The molecule has 0 bridgehead atoms. The first-order valence-corrected chi connectivity index (χ1v) is 4.50. The van der Waals surface area contributed by atoms with Crippen molar-refractivity contribution >= 4 is 23.8 Å². The highest BCUT2D eigenvalue weighted by molar-refractivity contribution is 6.11. The third kappa shape index (κ3) is 2.26. The van der Waals surface area contributed by atoms with Crippen molar-refractivity contribution in [2.24, 2.45) is 11.5 Å². The Morgan fingerprint density at radius 3 is 1.22 bits per heavy atom.